The van der Waals surface area contributed by atoms with Gasteiger partial charge in [-0.05, 0) is 81.9 Å². The van der Waals surface area contributed by atoms with Gasteiger partial charge in [-0.3, -0.25) is 9.97 Å². The predicted molar refractivity (Wildman–Crippen MR) is 294 cm³/mol. The van der Waals surface area contributed by atoms with E-state index in [4.69, 9.17) is 18.5 Å². The molecule has 0 saturated heterocycles. The summed E-state index contributed by atoms with van der Waals surface area (Å²) in [5.41, 5.74) is 15.1. The van der Waals surface area contributed by atoms with Crippen LogP contribution in [0.4, 0.5) is 0 Å². The van der Waals surface area contributed by atoms with Crippen LogP contribution in [-0.2, 0) is 26.5 Å². The molecule has 0 amide bonds. The van der Waals surface area contributed by atoms with Gasteiger partial charge in [-0.2, -0.15) is 0 Å². The molecule has 1 radical (unpaired) electrons. The van der Waals surface area contributed by atoms with Gasteiger partial charge in [0.25, 0.3) is 0 Å². The van der Waals surface area contributed by atoms with Crippen LogP contribution < -0.4 is 4.40 Å². The van der Waals surface area contributed by atoms with Crippen molar-refractivity contribution < 1.29 is 28.6 Å². The fourth-order valence-electron chi connectivity index (χ4n) is 9.81. The van der Waals surface area contributed by atoms with E-state index >= 15 is 0 Å². The summed E-state index contributed by atoms with van der Waals surface area (Å²) in [7, 11) is 0. The van der Waals surface area contributed by atoms with Crippen LogP contribution in [0.1, 0.15) is 79.7 Å². The van der Waals surface area contributed by atoms with Crippen LogP contribution in [0.15, 0.2) is 156 Å². The van der Waals surface area contributed by atoms with E-state index in [2.05, 4.69) is 190 Å². The number of rotatable bonds is 9. The van der Waals surface area contributed by atoms with Crippen LogP contribution >= 0.6 is 0 Å². The Bertz CT molecular complexity index is 3770. The quantitative estimate of drug-likeness (QED) is 0.0821. The summed E-state index contributed by atoms with van der Waals surface area (Å²) in [5, 5.41) is 5.44. The third-order valence-electron chi connectivity index (χ3n) is 13.2. The van der Waals surface area contributed by atoms with Crippen molar-refractivity contribution in [1.29, 1.82) is 0 Å². The van der Waals surface area contributed by atoms with Crippen LogP contribution in [0.5, 0.6) is 0 Å². The van der Waals surface area contributed by atoms with Gasteiger partial charge < -0.3 is 8.98 Å². The first-order valence-corrected chi connectivity index (χ1v) is 31.6. The van der Waals surface area contributed by atoms with E-state index in [1.807, 2.05) is 24.5 Å². The number of fused-ring (bicyclic) bond motifs is 7. The molecule has 11 aromatic rings. The molecule has 0 unspecified atom stereocenters. The normalized spacial score (nSPS) is 12.7. The molecule has 0 aliphatic rings. The summed E-state index contributed by atoms with van der Waals surface area (Å²) >= 11 is -1.97. The van der Waals surface area contributed by atoms with Gasteiger partial charge in [-0.1, -0.05) is 99.3 Å². The van der Waals surface area contributed by atoms with Gasteiger partial charge in [0, 0.05) is 48.1 Å². The number of para-hydroxylation sites is 3. The smallest absolute Gasteiger partial charge is 0 e. The van der Waals surface area contributed by atoms with Crippen molar-refractivity contribution in [2.75, 3.05) is 0 Å². The van der Waals surface area contributed by atoms with E-state index in [-0.39, 0.29) is 31.9 Å². The molecule has 4 aromatic heterocycles. The Balaban J connectivity index is 0.000000223. The number of benzene rings is 7. The molecule has 70 heavy (non-hydrogen) atoms. The Morgan fingerprint density at radius 2 is 1.39 bits per heavy atom. The Hall–Kier alpha value is -6.18. The maximum absolute atomic E-state index is 7.46. The van der Waals surface area contributed by atoms with Crippen molar-refractivity contribution in [2.45, 2.75) is 83.9 Å². The third-order valence-corrected chi connectivity index (χ3v) is 17.5. The molecular weight excluding hydrogens is 1090 g/mol. The number of pyridine rings is 2. The second-order valence-corrected chi connectivity index (χ2v) is 31.0. The molecule has 0 spiro atoms. The minimum absolute atomic E-state index is 0. The number of furan rings is 1. The van der Waals surface area contributed by atoms with Crippen LogP contribution in [0.2, 0.25) is 17.3 Å². The molecule has 7 heteroatoms. The molecule has 0 N–H and O–H groups in total. The van der Waals surface area contributed by atoms with Crippen molar-refractivity contribution in [3.63, 3.8) is 0 Å². The molecule has 0 bridgehead atoms. The standard InChI is InChI=1S/C44H34N3O.C19H26GeN.Ir/c1-26(2)34-21-29(28-13-6-5-7-14-28)22-35(27(3)4)42(34)47-40-20-11-10-19-39(40)46-44(47)33-17-12-16-32-37-23-30-25-45-38-18-9-8-15-31(38)36(30)24-41(37)48-43(32)33;1-14(2)11-17-12-19(16-9-7-15(3)8-10-16)21-13-18(17)20(4,5)6;/h5-16,18-27H,1-4H3;7-9,12-14H,11H2,1-6H3;/q2*-1;/i;3D3;. The molecular formula is C63H60GeIrN4O-2. The topological polar surface area (TPSA) is 56.7 Å². The zero-order valence-electron chi connectivity index (χ0n) is 44.4. The molecule has 0 saturated carbocycles. The number of nitrogens with zero attached hydrogens (tertiary/aromatic N) is 4. The second kappa shape index (κ2) is 19.9. The first kappa shape index (κ1) is 45.0. The van der Waals surface area contributed by atoms with Gasteiger partial charge in [0.1, 0.15) is 5.58 Å². The Kier molecular flexibility index (Phi) is 12.8. The summed E-state index contributed by atoms with van der Waals surface area (Å²) in [6.45, 7) is 11.5. The summed E-state index contributed by atoms with van der Waals surface area (Å²) < 4.78 is 33.0. The van der Waals surface area contributed by atoms with Crippen LogP contribution in [-0.4, -0.2) is 32.8 Å². The molecule has 7 aromatic carbocycles. The van der Waals surface area contributed by atoms with E-state index in [0.717, 1.165) is 83.7 Å². The molecule has 0 aliphatic carbocycles. The summed E-state index contributed by atoms with van der Waals surface area (Å²) in [6, 6.07) is 54.5. The summed E-state index contributed by atoms with van der Waals surface area (Å²) in [6.07, 6.45) is 5.05. The number of hydrogen-bond donors (Lipinski definition) is 0. The number of imidazole rings is 1. The molecule has 0 fully saturated rings. The van der Waals surface area contributed by atoms with Crippen molar-refractivity contribution in [3.8, 4) is 39.5 Å². The van der Waals surface area contributed by atoms with E-state index in [1.165, 1.54) is 37.9 Å². The molecule has 4 heterocycles. The van der Waals surface area contributed by atoms with Crippen molar-refractivity contribution in [3.05, 3.63) is 186 Å². The largest absolute Gasteiger partial charge is 0 e. The fraction of sp³-hybridized carbons (Fsp3) is 0.222. The van der Waals surface area contributed by atoms with E-state index in [9.17, 15) is 0 Å². The van der Waals surface area contributed by atoms with Crippen LogP contribution in [0.3, 0.4) is 0 Å². The third kappa shape index (κ3) is 9.42. The van der Waals surface area contributed by atoms with Gasteiger partial charge in [0.2, 0.25) is 0 Å². The van der Waals surface area contributed by atoms with Crippen LogP contribution in [0.25, 0.3) is 94.1 Å². The first-order valence-electron chi connectivity index (χ1n) is 25.7. The predicted octanol–water partition coefficient (Wildman–Crippen LogP) is 16.6. The van der Waals surface area contributed by atoms with Crippen LogP contribution in [0, 0.1) is 24.9 Å². The molecule has 0 aliphatic heterocycles. The zero-order valence-corrected chi connectivity index (χ0v) is 45.9. The van der Waals surface area contributed by atoms with Gasteiger partial charge in [0.15, 0.2) is 0 Å². The summed E-state index contributed by atoms with van der Waals surface area (Å²) in [4.78, 5) is 14.7. The zero-order chi connectivity index (χ0) is 50.6. The average molecular weight is 1160 g/mol. The van der Waals surface area contributed by atoms with Gasteiger partial charge in [-0.15, -0.1) is 18.2 Å². The van der Waals surface area contributed by atoms with E-state index < -0.39 is 20.1 Å². The average Bonchev–Trinajstić information content (AvgIpc) is 3.93. The van der Waals surface area contributed by atoms with Gasteiger partial charge >= 0.3 is 136 Å². The van der Waals surface area contributed by atoms with Crippen molar-refractivity contribution in [2.24, 2.45) is 5.92 Å². The second-order valence-electron chi connectivity index (χ2n) is 20.4. The molecule has 5 nitrogen and oxygen atoms in total. The molecule has 0 atom stereocenters. The number of aromatic nitrogens is 4. The Labute approximate surface area is 433 Å². The molecule has 353 valence electrons. The minimum atomic E-state index is -2.09. The summed E-state index contributed by atoms with van der Waals surface area (Å²) in [5.74, 6) is 9.13. The maximum Gasteiger partial charge on any atom is 0 e. The SMILES string of the molecule is CC(C)c1cc(-c2ccccc2)cc(C(C)C)c1-n1c(-c2[c-]ccc3c2oc2cc4c(cnc5ccccc54)cc23)nc2ccccc21.[2H]C([2H])([2H])c1c[c-]c(-c2cc(CC(C)C)[c]([Ge]([CH3])([CH3])[CH3])cn2)cc1.[Ir]. The molecule has 11 rings (SSSR count). The minimum Gasteiger partial charge on any atom is 0 e. The van der Waals surface area contributed by atoms with Crippen molar-refractivity contribution >= 4 is 72.3 Å². The number of hydrogen-bond acceptors (Lipinski definition) is 4. The van der Waals surface area contributed by atoms with E-state index in [0.29, 0.717) is 11.5 Å². The fourth-order valence-corrected chi connectivity index (χ4v) is 13.1. The van der Waals surface area contributed by atoms with E-state index in [1.54, 1.807) is 18.2 Å². The van der Waals surface area contributed by atoms with Crippen molar-refractivity contribution in [1.82, 2.24) is 19.5 Å². The maximum atomic E-state index is 7.46. The first-order chi connectivity index (χ1) is 34.4. The Morgan fingerprint density at radius 1 is 0.671 bits per heavy atom. The Morgan fingerprint density at radius 3 is 2.07 bits per heavy atom. The monoisotopic (exact) mass is 1160 g/mol. The number of aryl methyl sites for hydroxylation is 1. The van der Waals surface area contributed by atoms with Gasteiger partial charge in [-0.25, -0.2) is 0 Å². The van der Waals surface area contributed by atoms with Gasteiger partial charge in [0.05, 0.1) is 28.0 Å².